The summed E-state index contributed by atoms with van der Waals surface area (Å²) in [5, 5.41) is 0. The molecule has 0 saturated carbocycles. The second kappa shape index (κ2) is 10.8. The van der Waals surface area contributed by atoms with Crippen molar-refractivity contribution in [2.45, 2.75) is 25.9 Å². The topological polar surface area (TPSA) is 60.9 Å². The highest BCUT2D eigenvalue weighted by Crippen LogP contribution is 2.33. The first-order valence-corrected chi connectivity index (χ1v) is 11.8. The number of nitrogens with zero attached hydrogens (tertiary/aromatic N) is 2. The Labute approximate surface area is 217 Å². The monoisotopic (exact) mass is 520 g/mol. The van der Waals surface area contributed by atoms with Crippen molar-refractivity contribution in [3.63, 3.8) is 0 Å². The van der Waals surface area contributed by atoms with Crippen molar-refractivity contribution in [1.82, 2.24) is 9.88 Å². The summed E-state index contributed by atoms with van der Waals surface area (Å²) in [4.78, 5) is 19.2. The Kier molecular flexibility index (Phi) is 7.17. The van der Waals surface area contributed by atoms with E-state index in [0.717, 1.165) is 23.3 Å². The van der Waals surface area contributed by atoms with E-state index in [2.05, 4.69) is 4.98 Å². The minimum absolute atomic E-state index is 0.157. The Morgan fingerprint density at radius 3 is 2.45 bits per heavy atom. The van der Waals surface area contributed by atoms with E-state index in [1.54, 1.807) is 23.2 Å². The summed E-state index contributed by atoms with van der Waals surface area (Å²) in [5.41, 5.74) is 1.71. The van der Waals surface area contributed by atoms with Gasteiger partial charge in [0.1, 0.15) is 12.4 Å². The molecule has 0 unspecified atom stereocenters. The average Bonchev–Trinajstić information content (AvgIpc) is 3.40. The lowest BCUT2D eigenvalue weighted by molar-refractivity contribution is -0.137. The van der Waals surface area contributed by atoms with Crippen molar-refractivity contribution in [3.8, 4) is 17.2 Å². The van der Waals surface area contributed by atoms with Gasteiger partial charge in [-0.2, -0.15) is 13.2 Å². The van der Waals surface area contributed by atoms with Gasteiger partial charge in [0.2, 0.25) is 6.79 Å². The van der Waals surface area contributed by atoms with Gasteiger partial charge in [-0.05, 0) is 71.8 Å². The molecule has 1 aliphatic heterocycles. The summed E-state index contributed by atoms with van der Waals surface area (Å²) in [6.45, 7) is 0.894. The van der Waals surface area contributed by atoms with E-state index in [1.807, 2.05) is 48.5 Å². The quantitative estimate of drug-likeness (QED) is 0.275. The van der Waals surface area contributed by atoms with E-state index < -0.39 is 17.6 Å². The maximum Gasteiger partial charge on any atom is 0.416 e. The maximum atomic E-state index is 13.4. The predicted molar refractivity (Wildman–Crippen MR) is 133 cm³/mol. The summed E-state index contributed by atoms with van der Waals surface area (Å²) in [6.07, 6.45) is -2.85. The molecule has 1 aromatic heterocycles. The Morgan fingerprint density at radius 2 is 1.68 bits per heavy atom. The van der Waals surface area contributed by atoms with Crippen LogP contribution in [0.1, 0.15) is 32.7 Å². The first kappa shape index (κ1) is 25.1. The molecule has 5 rings (SSSR count). The number of aromatic nitrogens is 1. The van der Waals surface area contributed by atoms with E-state index in [1.165, 1.54) is 12.1 Å². The van der Waals surface area contributed by atoms with Crippen LogP contribution in [0.3, 0.4) is 0 Å². The third-order valence-electron chi connectivity index (χ3n) is 5.94. The predicted octanol–water partition coefficient (Wildman–Crippen LogP) is 6.25. The molecule has 0 radical (unpaired) electrons. The highest BCUT2D eigenvalue weighted by Gasteiger charge is 2.30. The molecular formula is C29H23F3N2O4. The van der Waals surface area contributed by atoms with E-state index in [4.69, 9.17) is 14.2 Å². The van der Waals surface area contributed by atoms with Gasteiger partial charge in [-0.3, -0.25) is 9.78 Å². The van der Waals surface area contributed by atoms with Crippen molar-refractivity contribution in [2.24, 2.45) is 0 Å². The van der Waals surface area contributed by atoms with Gasteiger partial charge in [-0.1, -0.05) is 24.3 Å². The van der Waals surface area contributed by atoms with Crippen LogP contribution < -0.4 is 14.2 Å². The molecule has 9 heteroatoms. The minimum atomic E-state index is -4.48. The molecular weight excluding hydrogens is 497 g/mol. The number of rotatable bonds is 8. The number of carbonyl (C=O) groups excluding carboxylic acids is 1. The van der Waals surface area contributed by atoms with E-state index >= 15 is 0 Å². The first-order chi connectivity index (χ1) is 18.3. The number of amides is 1. The summed E-state index contributed by atoms with van der Waals surface area (Å²) >= 11 is 0. The van der Waals surface area contributed by atoms with E-state index in [9.17, 15) is 18.0 Å². The van der Waals surface area contributed by atoms with Crippen LogP contribution in [0.2, 0.25) is 0 Å². The molecule has 0 bridgehead atoms. The van der Waals surface area contributed by atoms with Gasteiger partial charge in [-0.25, -0.2) is 0 Å². The van der Waals surface area contributed by atoms with Crippen LogP contribution >= 0.6 is 0 Å². The summed E-state index contributed by atoms with van der Waals surface area (Å²) < 4.78 is 55.7. The fraction of sp³-hybridized carbons (Fsp3) is 0.172. The van der Waals surface area contributed by atoms with Crippen LogP contribution in [0.15, 0.2) is 91.1 Å². The fourth-order valence-electron chi connectivity index (χ4n) is 4.02. The maximum absolute atomic E-state index is 13.4. The molecule has 0 N–H and O–H groups in total. The van der Waals surface area contributed by atoms with Gasteiger partial charge >= 0.3 is 6.18 Å². The lowest BCUT2D eigenvalue weighted by Crippen LogP contribution is -2.30. The number of carbonyl (C=O) groups is 1. The van der Waals surface area contributed by atoms with Crippen molar-refractivity contribution in [2.75, 3.05) is 6.79 Å². The van der Waals surface area contributed by atoms with Gasteiger partial charge in [0.15, 0.2) is 11.5 Å². The lowest BCUT2D eigenvalue weighted by atomic mass is 10.1. The number of hydrogen-bond acceptors (Lipinski definition) is 5. The van der Waals surface area contributed by atoms with Crippen LogP contribution in [0, 0.1) is 0 Å². The zero-order valence-electron chi connectivity index (χ0n) is 20.1. The highest BCUT2D eigenvalue weighted by molar-refractivity contribution is 5.94. The molecule has 194 valence electrons. The molecule has 0 spiro atoms. The van der Waals surface area contributed by atoms with Crippen molar-refractivity contribution < 1.29 is 32.2 Å². The van der Waals surface area contributed by atoms with Crippen LogP contribution in [0.25, 0.3) is 0 Å². The third-order valence-corrected chi connectivity index (χ3v) is 5.94. The third kappa shape index (κ3) is 6.05. The molecule has 38 heavy (non-hydrogen) atoms. The average molecular weight is 521 g/mol. The molecule has 0 atom stereocenters. The van der Waals surface area contributed by atoms with Crippen LogP contribution in [-0.2, 0) is 25.9 Å². The molecule has 1 amide bonds. The molecule has 3 aromatic carbocycles. The van der Waals surface area contributed by atoms with Crippen LogP contribution in [0.5, 0.6) is 17.2 Å². The largest absolute Gasteiger partial charge is 0.489 e. The fourth-order valence-corrected chi connectivity index (χ4v) is 4.02. The van der Waals surface area contributed by atoms with E-state index in [0.29, 0.717) is 29.5 Å². The Morgan fingerprint density at radius 1 is 0.868 bits per heavy atom. The molecule has 6 nitrogen and oxygen atoms in total. The zero-order chi connectivity index (χ0) is 26.5. The molecule has 4 aromatic rings. The standard InChI is InChI=1S/C29H23F3N2O4/c30-29(31,32)23-10-8-22(9-11-23)28(35)34(17-24-5-1-2-13-33-24)16-20-4-3-6-25(14-20)36-18-21-7-12-26-27(15-21)38-19-37-26/h1-15H,16-19H2. The van der Waals surface area contributed by atoms with Gasteiger partial charge in [0, 0.05) is 18.3 Å². The SMILES string of the molecule is O=C(c1ccc(C(F)(F)F)cc1)N(Cc1cccc(OCc2ccc3c(c2)OCO3)c1)Cc1ccccn1. The number of pyridine rings is 1. The Hall–Kier alpha value is -4.53. The second-order valence-corrected chi connectivity index (χ2v) is 8.68. The number of ether oxygens (including phenoxy) is 3. The summed E-state index contributed by atoms with van der Waals surface area (Å²) in [5.74, 6) is 1.57. The van der Waals surface area contributed by atoms with Gasteiger partial charge in [0.05, 0.1) is 17.8 Å². The second-order valence-electron chi connectivity index (χ2n) is 8.68. The summed E-state index contributed by atoms with van der Waals surface area (Å²) in [6, 6.07) is 22.5. The molecule has 0 fully saturated rings. The van der Waals surface area contributed by atoms with Gasteiger partial charge < -0.3 is 19.1 Å². The Bertz CT molecular complexity index is 1410. The minimum Gasteiger partial charge on any atom is -0.489 e. The number of alkyl halides is 3. The normalized spacial score (nSPS) is 12.3. The van der Waals surface area contributed by atoms with Crippen molar-refractivity contribution >= 4 is 5.91 Å². The molecule has 1 aliphatic rings. The van der Waals surface area contributed by atoms with Crippen LogP contribution in [0.4, 0.5) is 13.2 Å². The molecule has 0 aliphatic carbocycles. The smallest absolute Gasteiger partial charge is 0.416 e. The van der Waals surface area contributed by atoms with E-state index in [-0.39, 0.29) is 25.4 Å². The highest BCUT2D eigenvalue weighted by atomic mass is 19.4. The molecule has 2 heterocycles. The number of benzene rings is 3. The van der Waals surface area contributed by atoms with Gasteiger partial charge in [0.25, 0.3) is 5.91 Å². The summed E-state index contributed by atoms with van der Waals surface area (Å²) in [7, 11) is 0. The lowest BCUT2D eigenvalue weighted by Gasteiger charge is -2.23. The van der Waals surface area contributed by atoms with Crippen molar-refractivity contribution in [3.05, 3.63) is 119 Å². The van der Waals surface area contributed by atoms with Crippen LogP contribution in [-0.4, -0.2) is 22.6 Å². The Balaban J connectivity index is 1.32. The first-order valence-electron chi connectivity index (χ1n) is 11.8. The van der Waals surface area contributed by atoms with Gasteiger partial charge in [-0.15, -0.1) is 0 Å². The zero-order valence-corrected chi connectivity index (χ0v) is 20.1. The van der Waals surface area contributed by atoms with Crippen molar-refractivity contribution in [1.29, 1.82) is 0 Å². The number of hydrogen-bond donors (Lipinski definition) is 0. The number of fused-ring (bicyclic) bond motifs is 1. The number of halogens is 3. The molecule has 0 saturated heterocycles.